The molecular formula is C30H50O3. The fourth-order valence-corrected chi connectivity index (χ4v) is 8.79. The highest BCUT2D eigenvalue weighted by Crippen LogP contribution is 2.67. The molecule has 3 saturated carbocycles. The highest BCUT2D eigenvalue weighted by Gasteiger charge is 2.61. The average molecular weight is 459 g/mol. The van der Waals surface area contributed by atoms with Crippen molar-refractivity contribution in [3.8, 4) is 0 Å². The van der Waals surface area contributed by atoms with Crippen LogP contribution in [0, 0.1) is 40.4 Å². The number of fused-ring (bicyclic) bond motifs is 4. The van der Waals surface area contributed by atoms with Crippen molar-refractivity contribution in [2.75, 3.05) is 0 Å². The van der Waals surface area contributed by atoms with Gasteiger partial charge in [-0.3, -0.25) is 4.79 Å². The van der Waals surface area contributed by atoms with E-state index in [-0.39, 0.29) is 17.5 Å². The first-order chi connectivity index (χ1) is 15.4. The Labute approximate surface area is 203 Å². The second-order valence-corrected chi connectivity index (χ2v) is 13.4. The molecule has 4 rings (SSSR count). The van der Waals surface area contributed by atoms with E-state index in [2.05, 4.69) is 41.5 Å². The number of hydrogen-bond donors (Lipinski definition) is 1. The summed E-state index contributed by atoms with van der Waals surface area (Å²) in [4.78, 5) is 11.5. The maximum Gasteiger partial charge on any atom is 0.302 e. The number of allylic oxidation sites excluding steroid dienone is 2. The van der Waals surface area contributed by atoms with Gasteiger partial charge in [-0.25, -0.2) is 0 Å². The molecule has 8 atom stereocenters. The van der Waals surface area contributed by atoms with E-state index in [1.165, 1.54) is 45.4 Å². The zero-order valence-electron chi connectivity index (χ0n) is 22.5. The standard InChI is InChI=1S/C30H50O3/c1-19(2)20(3)8-9-21(4)25-10-11-26-24-13-17-30(32)18-23(33-22(5)31)12-16-29(30,7)27(24)14-15-28(25,26)6/h19-21,23,25,27,32H,8-18H2,1-7H3/t20-,21+,23?,25?,27?,28?,29?,30+/m0/s1. The Bertz CT molecular complexity index is 783. The molecule has 3 nitrogen and oxygen atoms in total. The van der Waals surface area contributed by atoms with Gasteiger partial charge in [-0.05, 0) is 86.4 Å². The lowest BCUT2D eigenvalue weighted by Gasteiger charge is -2.60. The molecule has 188 valence electrons. The second-order valence-electron chi connectivity index (χ2n) is 13.4. The molecule has 33 heavy (non-hydrogen) atoms. The Kier molecular flexibility index (Phi) is 6.89. The monoisotopic (exact) mass is 458 g/mol. The predicted octanol–water partition coefficient (Wildman–Crippen LogP) is 7.46. The van der Waals surface area contributed by atoms with Gasteiger partial charge in [-0.15, -0.1) is 0 Å². The Morgan fingerprint density at radius 1 is 1.03 bits per heavy atom. The summed E-state index contributed by atoms with van der Waals surface area (Å²) in [5.74, 6) is 3.49. The smallest absolute Gasteiger partial charge is 0.302 e. The van der Waals surface area contributed by atoms with Crippen LogP contribution in [0.15, 0.2) is 11.1 Å². The molecule has 0 aliphatic heterocycles. The lowest BCUT2D eigenvalue weighted by Crippen LogP contribution is -2.60. The van der Waals surface area contributed by atoms with E-state index < -0.39 is 5.60 Å². The molecule has 0 bridgehead atoms. The quantitative estimate of drug-likeness (QED) is 0.332. The molecule has 0 saturated heterocycles. The van der Waals surface area contributed by atoms with E-state index in [1.807, 2.05) is 0 Å². The summed E-state index contributed by atoms with van der Waals surface area (Å²) in [5.41, 5.74) is 3.10. The molecule has 3 fully saturated rings. The van der Waals surface area contributed by atoms with Crippen LogP contribution in [0.5, 0.6) is 0 Å². The Balaban J connectivity index is 1.53. The number of carbonyl (C=O) groups excluding carboxylic acids is 1. The molecule has 0 aromatic carbocycles. The molecule has 1 N–H and O–H groups in total. The number of carbonyl (C=O) groups is 1. The molecule has 4 aliphatic carbocycles. The molecule has 0 aromatic rings. The number of aliphatic hydroxyl groups is 1. The predicted molar refractivity (Wildman–Crippen MR) is 135 cm³/mol. The first-order valence-electron chi connectivity index (χ1n) is 14.0. The van der Waals surface area contributed by atoms with Crippen LogP contribution in [0.2, 0.25) is 0 Å². The van der Waals surface area contributed by atoms with Gasteiger partial charge >= 0.3 is 5.97 Å². The fraction of sp³-hybridized carbons (Fsp3) is 0.900. The zero-order valence-corrected chi connectivity index (χ0v) is 22.5. The Morgan fingerprint density at radius 3 is 2.42 bits per heavy atom. The molecule has 5 unspecified atom stereocenters. The number of hydrogen-bond acceptors (Lipinski definition) is 3. The van der Waals surface area contributed by atoms with E-state index >= 15 is 0 Å². The lowest BCUT2D eigenvalue weighted by molar-refractivity contribution is -0.188. The third-order valence-electron chi connectivity index (χ3n) is 11.4. The summed E-state index contributed by atoms with van der Waals surface area (Å²) in [6.45, 7) is 16.1. The van der Waals surface area contributed by atoms with Crippen molar-refractivity contribution in [3.05, 3.63) is 11.1 Å². The second kappa shape index (κ2) is 8.99. The topological polar surface area (TPSA) is 46.5 Å². The van der Waals surface area contributed by atoms with Crippen LogP contribution in [0.25, 0.3) is 0 Å². The van der Waals surface area contributed by atoms with Crippen LogP contribution in [0.3, 0.4) is 0 Å². The fourth-order valence-electron chi connectivity index (χ4n) is 8.79. The molecule has 4 aliphatic rings. The van der Waals surface area contributed by atoms with E-state index in [9.17, 15) is 9.90 Å². The summed E-state index contributed by atoms with van der Waals surface area (Å²) in [5, 5.41) is 11.9. The first kappa shape index (κ1) is 25.3. The van der Waals surface area contributed by atoms with Crippen LogP contribution < -0.4 is 0 Å². The van der Waals surface area contributed by atoms with Gasteiger partial charge in [0.15, 0.2) is 0 Å². The van der Waals surface area contributed by atoms with Crippen molar-refractivity contribution in [2.24, 2.45) is 40.4 Å². The highest BCUT2D eigenvalue weighted by molar-refractivity contribution is 5.66. The van der Waals surface area contributed by atoms with Gasteiger partial charge in [0, 0.05) is 18.8 Å². The summed E-state index contributed by atoms with van der Waals surface area (Å²) in [6, 6.07) is 0. The minimum atomic E-state index is -0.702. The Morgan fingerprint density at radius 2 is 1.76 bits per heavy atom. The number of ether oxygens (including phenoxy) is 1. The summed E-state index contributed by atoms with van der Waals surface area (Å²) >= 11 is 0. The van der Waals surface area contributed by atoms with Gasteiger partial charge < -0.3 is 9.84 Å². The van der Waals surface area contributed by atoms with Crippen LogP contribution in [-0.2, 0) is 9.53 Å². The Hall–Kier alpha value is -0.830. The molecular weight excluding hydrogens is 408 g/mol. The van der Waals surface area contributed by atoms with Crippen LogP contribution in [0.1, 0.15) is 119 Å². The van der Waals surface area contributed by atoms with Crippen LogP contribution in [-0.4, -0.2) is 22.8 Å². The third-order valence-corrected chi connectivity index (χ3v) is 11.4. The van der Waals surface area contributed by atoms with Crippen molar-refractivity contribution < 1.29 is 14.6 Å². The molecule has 0 heterocycles. The highest BCUT2D eigenvalue weighted by atomic mass is 16.5. The van der Waals surface area contributed by atoms with E-state index in [0.29, 0.717) is 17.8 Å². The molecule has 0 spiro atoms. The largest absolute Gasteiger partial charge is 0.462 e. The van der Waals surface area contributed by atoms with Gasteiger partial charge in [-0.1, -0.05) is 65.5 Å². The molecule has 0 radical (unpaired) electrons. The van der Waals surface area contributed by atoms with Crippen molar-refractivity contribution in [2.45, 2.75) is 131 Å². The van der Waals surface area contributed by atoms with Gasteiger partial charge in [-0.2, -0.15) is 0 Å². The SMILES string of the molecule is CC(=O)OC1CCC2(C)C3CCC4(C)C(=C3CC[C@@]2(O)C1)CCC4[C@H](C)CC[C@H](C)C(C)C. The number of esters is 1. The average Bonchev–Trinajstić information content (AvgIpc) is 3.09. The van der Waals surface area contributed by atoms with Gasteiger partial charge in [0.1, 0.15) is 6.10 Å². The third kappa shape index (κ3) is 4.23. The van der Waals surface area contributed by atoms with Gasteiger partial charge in [0.2, 0.25) is 0 Å². The maximum atomic E-state index is 11.9. The zero-order chi connectivity index (χ0) is 24.2. The normalized spacial score (nSPS) is 42.4. The minimum Gasteiger partial charge on any atom is -0.462 e. The minimum absolute atomic E-state index is 0.0814. The molecule has 3 heteroatoms. The van der Waals surface area contributed by atoms with Crippen molar-refractivity contribution in [1.29, 1.82) is 0 Å². The van der Waals surface area contributed by atoms with Crippen molar-refractivity contribution in [1.82, 2.24) is 0 Å². The summed E-state index contributed by atoms with van der Waals surface area (Å²) in [6.07, 6.45) is 12.1. The van der Waals surface area contributed by atoms with Crippen LogP contribution in [0.4, 0.5) is 0 Å². The van der Waals surface area contributed by atoms with Gasteiger partial charge in [0.05, 0.1) is 5.60 Å². The van der Waals surface area contributed by atoms with Crippen molar-refractivity contribution >= 4 is 5.97 Å². The first-order valence-corrected chi connectivity index (χ1v) is 14.0. The molecule has 0 aromatic heterocycles. The number of rotatable bonds is 6. The van der Waals surface area contributed by atoms with E-state index in [1.54, 1.807) is 11.1 Å². The van der Waals surface area contributed by atoms with Crippen LogP contribution >= 0.6 is 0 Å². The maximum absolute atomic E-state index is 11.9. The van der Waals surface area contributed by atoms with Crippen molar-refractivity contribution in [3.63, 3.8) is 0 Å². The molecule has 0 amide bonds. The van der Waals surface area contributed by atoms with Gasteiger partial charge in [0.25, 0.3) is 0 Å². The summed E-state index contributed by atoms with van der Waals surface area (Å²) < 4.78 is 5.56. The lowest BCUT2D eigenvalue weighted by atomic mass is 9.47. The summed E-state index contributed by atoms with van der Waals surface area (Å²) in [7, 11) is 0. The van der Waals surface area contributed by atoms with E-state index in [4.69, 9.17) is 4.74 Å². The van der Waals surface area contributed by atoms with E-state index in [0.717, 1.165) is 49.4 Å².